The van der Waals surface area contributed by atoms with Crippen molar-refractivity contribution < 1.29 is 4.68 Å². The maximum Gasteiger partial charge on any atom is 0.368 e. The minimum atomic E-state index is 0.736. The summed E-state index contributed by atoms with van der Waals surface area (Å²) in [6.07, 6.45) is 6.99. The van der Waals surface area contributed by atoms with Gasteiger partial charge in [-0.05, 0) is 22.2 Å². The topological polar surface area (TPSA) is 27.7 Å². The van der Waals surface area contributed by atoms with Crippen LogP contribution in [0.2, 0.25) is 0 Å². The zero-order valence-electron chi connectivity index (χ0n) is 5.06. The van der Waals surface area contributed by atoms with Crippen molar-refractivity contribution in [3.05, 3.63) is 12.2 Å². The van der Waals surface area contributed by atoms with Gasteiger partial charge in [0.2, 0.25) is 0 Å². The summed E-state index contributed by atoms with van der Waals surface area (Å²) in [5.74, 6) is 0.748. The molecule has 0 bridgehead atoms. The summed E-state index contributed by atoms with van der Waals surface area (Å²) in [5, 5.41) is 3.92. The zero-order valence-corrected chi connectivity index (χ0v) is 5.88. The highest BCUT2D eigenvalue weighted by molar-refractivity contribution is 7.82. The average Bonchev–Trinajstić information content (AvgIpc) is 2.36. The quantitative estimate of drug-likeness (QED) is 0.362. The fraction of sp³-hybridized carbons (Fsp3) is 0. The third-order valence-electron chi connectivity index (χ3n) is 1.27. The Bertz CT molecular complexity index is 303. The van der Waals surface area contributed by atoms with Gasteiger partial charge in [0.15, 0.2) is 0 Å². The van der Waals surface area contributed by atoms with Crippen LogP contribution in [-0.2, 0) is 0 Å². The molecule has 0 spiro atoms. The molecule has 0 aromatic heterocycles. The minimum absolute atomic E-state index is 0.736. The van der Waals surface area contributed by atoms with E-state index < -0.39 is 0 Å². The van der Waals surface area contributed by atoms with Crippen molar-refractivity contribution in [2.75, 3.05) is 0 Å². The SMILES string of the molecule is S=C1C=CC=[N+]2N=CN=C12. The Balaban J connectivity index is 2.54. The van der Waals surface area contributed by atoms with Crippen LogP contribution in [0.5, 0.6) is 0 Å². The molecular weight excluding hydrogens is 146 g/mol. The van der Waals surface area contributed by atoms with E-state index in [1.807, 2.05) is 18.4 Å². The lowest BCUT2D eigenvalue weighted by molar-refractivity contribution is -0.398. The number of aliphatic imine (C=N–C) groups is 1. The predicted octanol–water partition coefficient (Wildman–Crippen LogP) is 0.365. The van der Waals surface area contributed by atoms with Gasteiger partial charge in [-0.3, -0.25) is 0 Å². The predicted molar refractivity (Wildman–Crippen MR) is 44.0 cm³/mol. The molecule has 2 aliphatic heterocycles. The van der Waals surface area contributed by atoms with Crippen LogP contribution in [0, 0.1) is 0 Å². The lowest BCUT2D eigenvalue weighted by Gasteiger charge is -1.95. The molecule has 48 valence electrons. The largest absolute Gasteiger partial charge is 0.368 e. The highest BCUT2D eigenvalue weighted by Crippen LogP contribution is 1.99. The van der Waals surface area contributed by atoms with Crippen molar-refractivity contribution >= 4 is 35.5 Å². The molecular formula is C6H4N3S+. The highest BCUT2D eigenvalue weighted by atomic mass is 32.1. The van der Waals surface area contributed by atoms with Crippen molar-refractivity contribution in [3.8, 4) is 0 Å². The zero-order chi connectivity index (χ0) is 6.97. The first kappa shape index (κ1) is 5.61. The van der Waals surface area contributed by atoms with Crippen LogP contribution >= 0.6 is 12.2 Å². The van der Waals surface area contributed by atoms with Crippen LogP contribution in [0.25, 0.3) is 0 Å². The van der Waals surface area contributed by atoms with Crippen molar-refractivity contribution in [2.45, 2.75) is 0 Å². The molecule has 0 aliphatic carbocycles. The molecule has 2 rings (SSSR count). The summed E-state index contributed by atoms with van der Waals surface area (Å²) in [6.45, 7) is 0. The van der Waals surface area contributed by atoms with Crippen LogP contribution in [0.15, 0.2) is 22.2 Å². The van der Waals surface area contributed by atoms with Gasteiger partial charge in [0.1, 0.15) is 11.1 Å². The Morgan fingerprint density at radius 1 is 1.50 bits per heavy atom. The Labute approximate surface area is 63.1 Å². The van der Waals surface area contributed by atoms with Crippen LogP contribution < -0.4 is 0 Å². The molecule has 0 fully saturated rings. The normalized spacial score (nSPS) is 20.6. The Hall–Kier alpha value is -1.16. The number of hydrogen-bond donors (Lipinski definition) is 0. The highest BCUT2D eigenvalue weighted by Gasteiger charge is 2.24. The smallest absolute Gasteiger partial charge is 0.0967 e. The standard InChI is InChI=1S/C6H4N3S/c10-5-2-1-3-9-6(5)7-4-8-9/h1-4H/q+1. The first-order valence-corrected chi connectivity index (χ1v) is 3.24. The van der Waals surface area contributed by atoms with Gasteiger partial charge in [-0.2, -0.15) is 0 Å². The molecule has 0 unspecified atom stereocenters. The minimum Gasteiger partial charge on any atom is -0.0967 e. The van der Waals surface area contributed by atoms with Crippen molar-refractivity contribution in [3.63, 3.8) is 0 Å². The second-order valence-electron chi connectivity index (χ2n) is 1.90. The monoisotopic (exact) mass is 150 g/mol. The Morgan fingerprint density at radius 2 is 2.40 bits per heavy atom. The number of fused-ring (bicyclic) bond motifs is 1. The van der Waals surface area contributed by atoms with Crippen LogP contribution in [-0.4, -0.2) is 27.9 Å². The fourth-order valence-electron chi connectivity index (χ4n) is 0.822. The van der Waals surface area contributed by atoms with E-state index in [9.17, 15) is 0 Å². The molecule has 0 N–H and O–H groups in total. The lowest BCUT2D eigenvalue weighted by Crippen LogP contribution is -2.23. The van der Waals surface area contributed by atoms with E-state index in [0.717, 1.165) is 10.7 Å². The molecule has 0 radical (unpaired) electrons. The second kappa shape index (κ2) is 1.91. The van der Waals surface area contributed by atoms with Crippen LogP contribution in [0.3, 0.4) is 0 Å². The van der Waals surface area contributed by atoms with E-state index in [1.165, 1.54) is 6.34 Å². The van der Waals surface area contributed by atoms with Gasteiger partial charge >= 0.3 is 5.84 Å². The molecule has 0 atom stereocenters. The summed E-state index contributed by atoms with van der Waals surface area (Å²) in [5.41, 5.74) is 0. The molecule has 0 aromatic carbocycles. The van der Waals surface area contributed by atoms with E-state index in [-0.39, 0.29) is 0 Å². The van der Waals surface area contributed by atoms with Gasteiger partial charge < -0.3 is 0 Å². The third-order valence-corrected chi connectivity index (χ3v) is 1.59. The molecule has 0 saturated carbocycles. The van der Waals surface area contributed by atoms with E-state index in [2.05, 4.69) is 10.1 Å². The third kappa shape index (κ3) is 0.657. The molecule has 4 heteroatoms. The number of allylic oxidation sites excluding steroid dienone is 1. The summed E-state index contributed by atoms with van der Waals surface area (Å²) in [6, 6.07) is 0. The van der Waals surface area contributed by atoms with E-state index in [1.54, 1.807) is 4.68 Å². The molecule has 0 amide bonds. The van der Waals surface area contributed by atoms with Crippen LogP contribution in [0.1, 0.15) is 0 Å². The average molecular weight is 150 g/mol. The number of thiocarbonyl (C=S) groups is 1. The maximum atomic E-state index is 4.98. The molecule has 2 aliphatic rings. The summed E-state index contributed by atoms with van der Waals surface area (Å²) >= 11 is 4.98. The van der Waals surface area contributed by atoms with Gasteiger partial charge in [0.05, 0.1) is 0 Å². The lowest BCUT2D eigenvalue weighted by atomic mass is 10.3. The van der Waals surface area contributed by atoms with Crippen molar-refractivity contribution in [1.82, 2.24) is 0 Å². The number of amidine groups is 1. The van der Waals surface area contributed by atoms with E-state index in [4.69, 9.17) is 12.2 Å². The second-order valence-corrected chi connectivity index (χ2v) is 2.34. The number of nitrogens with zero attached hydrogens (tertiary/aromatic N) is 3. The maximum absolute atomic E-state index is 4.98. The van der Waals surface area contributed by atoms with Gasteiger partial charge in [-0.15, -0.1) is 0 Å². The first-order valence-electron chi connectivity index (χ1n) is 2.83. The van der Waals surface area contributed by atoms with Crippen molar-refractivity contribution in [2.24, 2.45) is 10.1 Å². The molecule has 0 aromatic rings. The summed E-state index contributed by atoms with van der Waals surface area (Å²) in [7, 11) is 0. The summed E-state index contributed by atoms with van der Waals surface area (Å²) in [4.78, 5) is 4.70. The van der Waals surface area contributed by atoms with Gasteiger partial charge in [-0.1, -0.05) is 16.9 Å². The molecule has 10 heavy (non-hydrogen) atoms. The fourth-order valence-corrected chi connectivity index (χ4v) is 1.05. The van der Waals surface area contributed by atoms with Gasteiger partial charge in [0.25, 0.3) is 6.34 Å². The molecule has 3 nitrogen and oxygen atoms in total. The number of rotatable bonds is 0. The van der Waals surface area contributed by atoms with Gasteiger partial charge in [-0.25, -0.2) is 0 Å². The first-order chi connectivity index (χ1) is 4.88. The molecule has 2 heterocycles. The van der Waals surface area contributed by atoms with Crippen LogP contribution in [0.4, 0.5) is 0 Å². The molecule has 0 saturated heterocycles. The van der Waals surface area contributed by atoms with E-state index >= 15 is 0 Å². The Morgan fingerprint density at radius 3 is 3.20 bits per heavy atom. The van der Waals surface area contributed by atoms with E-state index in [0.29, 0.717) is 0 Å². The van der Waals surface area contributed by atoms with Crippen molar-refractivity contribution in [1.29, 1.82) is 0 Å². The Kier molecular flexibility index (Phi) is 1.07. The summed E-state index contributed by atoms with van der Waals surface area (Å²) < 4.78 is 1.66. The number of hydrogen-bond acceptors (Lipinski definition) is 3. The van der Waals surface area contributed by atoms with Gasteiger partial charge in [0, 0.05) is 0 Å². The number of hydrazone groups is 1.